The van der Waals surface area contributed by atoms with Crippen LogP contribution < -0.4 is 9.47 Å². The lowest BCUT2D eigenvalue weighted by Crippen LogP contribution is -2.58. The van der Waals surface area contributed by atoms with Gasteiger partial charge in [0, 0.05) is 13.3 Å². The minimum Gasteiger partial charge on any atom is -0.427 e. The summed E-state index contributed by atoms with van der Waals surface area (Å²) in [6.45, 7) is 8.57. The molecule has 4 aliphatic carbocycles. The molecule has 4 fully saturated rings. The van der Waals surface area contributed by atoms with Crippen LogP contribution in [0.2, 0.25) is 0 Å². The van der Waals surface area contributed by atoms with Gasteiger partial charge in [0.05, 0.1) is 12.2 Å². The number of carbonyl (C=O) groups is 2. The van der Waals surface area contributed by atoms with Crippen molar-refractivity contribution in [2.75, 3.05) is 0 Å². The van der Waals surface area contributed by atoms with E-state index in [2.05, 4.69) is 20.8 Å². The van der Waals surface area contributed by atoms with Crippen molar-refractivity contribution in [3.8, 4) is 11.5 Å². The minimum absolute atomic E-state index is 0.200. The zero-order valence-corrected chi connectivity index (χ0v) is 23.5. The highest BCUT2D eigenvalue weighted by Gasteiger charge is 2.62. The fraction of sp³-hybridized carbons (Fsp3) is 0.750. The SMILES string of the molecule is CC(=O)Oc1ccc(OC(=O)CC[C@@H](C)[C@H]2CC[C@H]3[C@@H]4[C@H](O)C[C@@H]5C[C@H](O)CC[C@]5(C)[C@H]4CC[C@]23C)cc1. The molecule has 6 nitrogen and oxygen atoms in total. The summed E-state index contributed by atoms with van der Waals surface area (Å²) in [7, 11) is 0. The first-order valence-electron chi connectivity index (χ1n) is 14.9. The van der Waals surface area contributed by atoms with Crippen molar-refractivity contribution < 1.29 is 29.3 Å². The molecule has 0 amide bonds. The van der Waals surface area contributed by atoms with Crippen LogP contribution in [0.1, 0.15) is 91.9 Å². The van der Waals surface area contributed by atoms with Crippen LogP contribution in [0.3, 0.4) is 0 Å². The first-order chi connectivity index (χ1) is 18.0. The Bertz CT molecular complexity index is 1020. The summed E-state index contributed by atoms with van der Waals surface area (Å²) in [6.07, 6.45) is 9.11. The molecule has 10 atom stereocenters. The van der Waals surface area contributed by atoms with E-state index in [0.717, 1.165) is 32.1 Å². The largest absolute Gasteiger partial charge is 0.427 e. The Kier molecular flexibility index (Phi) is 7.69. The van der Waals surface area contributed by atoms with Gasteiger partial charge in [-0.3, -0.25) is 9.59 Å². The van der Waals surface area contributed by atoms with Crippen molar-refractivity contribution >= 4 is 11.9 Å². The summed E-state index contributed by atoms with van der Waals surface area (Å²) in [6, 6.07) is 6.54. The fourth-order valence-corrected chi connectivity index (χ4v) is 9.65. The van der Waals surface area contributed by atoms with E-state index in [-0.39, 0.29) is 35.0 Å². The monoisotopic (exact) mass is 526 g/mol. The van der Waals surface area contributed by atoms with Crippen molar-refractivity contribution in [2.45, 2.75) is 104 Å². The first kappa shape index (κ1) is 27.6. The summed E-state index contributed by atoms with van der Waals surface area (Å²) in [5, 5.41) is 21.8. The van der Waals surface area contributed by atoms with Crippen LogP contribution in [0, 0.1) is 46.3 Å². The quantitative estimate of drug-likeness (QED) is 0.353. The number of esters is 2. The molecule has 0 bridgehead atoms. The summed E-state index contributed by atoms with van der Waals surface area (Å²) in [5.41, 5.74) is 0.448. The molecule has 0 spiro atoms. The van der Waals surface area contributed by atoms with E-state index in [9.17, 15) is 19.8 Å². The van der Waals surface area contributed by atoms with Crippen LogP contribution in [-0.2, 0) is 9.59 Å². The predicted octanol–water partition coefficient (Wildman–Crippen LogP) is 5.92. The second-order valence-electron chi connectivity index (χ2n) is 13.5. The molecule has 0 unspecified atom stereocenters. The Morgan fingerprint density at radius 2 is 1.55 bits per heavy atom. The van der Waals surface area contributed by atoms with Crippen LogP contribution in [-0.4, -0.2) is 34.4 Å². The summed E-state index contributed by atoms with van der Waals surface area (Å²) < 4.78 is 10.6. The third-order valence-corrected chi connectivity index (χ3v) is 11.5. The van der Waals surface area contributed by atoms with Gasteiger partial charge in [-0.1, -0.05) is 20.8 Å². The zero-order valence-electron chi connectivity index (χ0n) is 23.5. The van der Waals surface area contributed by atoms with E-state index in [0.29, 0.717) is 53.4 Å². The van der Waals surface area contributed by atoms with Gasteiger partial charge in [0.25, 0.3) is 0 Å². The smallest absolute Gasteiger partial charge is 0.311 e. The average molecular weight is 527 g/mol. The maximum Gasteiger partial charge on any atom is 0.311 e. The minimum atomic E-state index is -0.384. The molecule has 5 rings (SSSR count). The zero-order chi connectivity index (χ0) is 27.2. The number of benzene rings is 1. The molecule has 210 valence electrons. The van der Waals surface area contributed by atoms with E-state index in [4.69, 9.17) is 9.47 Å². The van der Waals surface area contributed by atoms with E-state index in [1.165, 1.54) is 32.6 Å². The van der Waals surface area contributed by atoms with Crippen molar-refractivity contribution in [1.82, 2.24) is 0 Å². The lowest BCUT2D eigenvalue weighted by molar-refractivity contribution is -0.174. The molecule has 1 aromatic rings. The summed E-state index contributed by atoms with van der Waals surface area (Å²) in [4.78, 5) is 23.7. The fourth-order valence-electron chi connectivity index (χ4n) is 9.65. The van der Waals surface area contributed by atoms with Crippen molar-refractivity contribution in [2.24, 2.45) is 46.3 Å². The van der Waals surface area contributed by atoms with Gasteiger partial charge in [-0.05, 0) is 128 Å². The van der Waals surface area contributed by atoms with Crippen LogP contribution in [0.25, 0.3) is 0 Å². The maximum atomic E-state index is 12.6. The predicted molar refractivity (Wildman–Crippen MR) is 144 cm³/mol. The van der Waals surface area contributed by atoms with Crippen molar-refractivity contribution in [3.63, 3.8) is 0 Å². The Labute approximate surface area is 227 Å². The van der Waals surface area contributed by atoms with E-state index >= 15 is 0 Å². The molecule has 4 aliphatic rings. The van der Waals surface area contributed by atoms with Gasteiger partial charge < -0.3 is 19.7 Å². The molecule has 0 radical (unpaired) electrons. The lowest BCUT2D eigenvalue weighted by atomic mass is 9.43. The summed E-state index contributed by atoms with van der Waals surface area (Å²) in [5.74, 6) is 3.12. The van der Waals surface area contributed by atoms with Gasteiger partial charge in [0.15, 0.2) is 0 Å². The lowest BCUT2D eigenvalue weighted by Gasteiger charge is -2.62. The number of carbonyl (C=O) groups excluding carboxylic acids is 2. The van der Waals surface area contributed by atoms with E-state index in [1.807, 2.05) is 0 Å². The van der Waals surface area contributed by atoms with Crippen LogP contribution in [0.5, 0.6) is 11.5 Å². The highest BCUT2D eigenvalue weighted by Crippen LogP contribution is 2.68. The maximum absolute atomic E-state index is 12.6. The number of hydrogen-bond donors (Lipinski definition) is 2. The molecule has 2 N–H and O–H groups in total. The number of aliphatic hydroxyl groups excluding tert-OH is 2. The van der Waals surface area contributed by atoms with E-state index < -0.39 is 0 Å². The topological polar surface area (TPSA) is 93.1 Å². The number of ether oxygens (including phenoxy) is 2. The molecule has 0 saturated heterocycles. The molecule has 4 saturated carbocycles. The molecule has 6 heteroatoms. The van der Waals surface area contributed by atoms with Gasteiger partial charge in [-0.15, -0.1) is 0 Å². The van der Waals surface area contributed by atoms with Crippen molar-refractivity contribution in [1.29, 1.82) is 0 Å². The molecule has 0 heterocycles. The number of hydrogen-bond acceptors (Lipinski definition) is 6. The van der Waals surface area contributed by atoms with Gasteiger partial charge in [-0.2, -0.15) is 0 Å². The third kappa shape index (κ3) is 5.03. The standard InChI is InChI=1S/C32H46O6/c1-19(5-12-29(36)38-24-8-6-23(7-9-24)37-20(2)33)25-10-11-26-30-27(14-16-32(25,26)4)31(3)15-13-22(34)17-21(31)18-28(30)35/h6-9,19,21-22,25-28,30,34-35H,5,10-18H2,1-4H3/t19-,21+,22-,25-,26+,27+,28-,30+,31+,32-/m1/s1. The molecule has 1 aromatic carbocycles. The van der Waals surface area contributed by atoms with Crippen LogP contribution in [0.4, 0.5) is 0 Å². The highest BCUT2D eigenvalue weighted by atomic mass is 16.5. The van der Waals surface area contributed by atoms with Crippen molar-refractivity contribution in [3.05, 3.63) is 24.3 Å². The second-order valence-corrected chi connectivity index (χ2v) is 13.5. The molecule has 0 aliphatic heterocycles. The van der Waals surface area contributed by atoms with Gasteiger partial charge in [0.1, 0.15) is 11.5 Å². The molecule has 0 aromatic heterocycles. The first-order valence-corrected chi connectivity index (χ1v) is 14.9. The Hall–Kier alpha value is -1.92. The van der Waals surface area contributed by atoms with Crippen LogP contribution in [0.15, 0.2) is 24.3 Å². The summed E-state index contributed by atoms with van der Waals surface area (Å²) >= 11 is 0. The van der Waals surface area contributed by atoms with E-state index in [1.54, 1.807) is 24.3 Å². The Balaban J connectivity index is 1.19. The number of aliphatic hydroxyl groups is 2. The Morgan fingerprint density at radius 1 is 0.921 bits per heavy atom. The van der Waals surface area contributed by atoms with Gasteiger partial charge in [0.2, 0.25) is 0 Å². The third-order valence-electron chi connectivity index (χ3n) is 11.5. The highest BCUT2D eigenvalue weighted by molar-refractivity contribution is 5.72. The number of rotatable bonds is 6. The molecule has 38 heavy (non-hydrogen) atoms. The molecular formula is C32H46O6. The second kappa shape index (κ2) is 10.6. The van der Waals surface area contributed by atoms with Gasteiger partial charge >= 0.3 is 11.9 Å². The van der Waals surface area contributed by atoms with Crippen LogP contribution >= 0.6 is 0 Å². The number of fused-ring (bicyclic) bond motifs is 5. The van der Waals surface area contributed by atoms with Gasteiger partial charge in [-0.25, -0.2) is 0 Å². The normalized spacial score (nSPS) is 40.8. The molecular weight excluding hydrogens is 480 g/mol. The Morgan fingerprint density at radius 3 is 2.24 bits per heavy atom. The average Bonchev–Trinajstić information content (AvgIpc) is 3.22.